The average Bonchev–Trinajstić information content (AvgIpc) is 2.86. The van der Waals surface area contributed by atoms with Crippen molar-refractivity contribution in [3.05, 3.63) is 0 Å². The first kappa shape index (κ1) is 11.9. The summed E-state index contributed by atoms with van der Waals surface area (Å²) in [6, 6.07) is 0.758. The molecule has 0 heterocycles. The third kappa shape index (κ3) is 6.27. The van der Waals surface area contributed by atoms with Gasteiger partial charge in [0.2, 0.25) is 0 Å². The minimum Gasteiger partial charge on any atom is -0.314 e. The Morgan fingerprint density at radius 2 is 2.07 bits per heavy atom. The number of hydrogen-bond acceptors (Lipinski definition) is 2. The van der Waals surface area contributed by atoms with Crippen LogP contribution in [0.1, 0.15) is 25.7 Å². The molecule has 2 nitrogen and oxygen atoms in total. The Bertz CT molecular complexity index is 149. The molecule has 1 N–H and O–H groups in total. The van der Waals surface area contributed by atoms with Crippen LogP contribution in [0.4, 0.5) is 8.78 Å². The lowest BCUT2D eigenvalue weighted by atomic mass is 10.3. The largest absolute Gasteiger partial charge is 0.314 e. The molecule has 84 valence electrons. The predicted molar refractivity (Wildman–Crippen MR) is 53.8 cm³/mol. The van der Waals surface area contributed by atoms with Crippen LogP contribution in [0, 0.1) is 0 Å². The van der Waals surface area contributed by atoms with Gasteiger partial charge in [-0.25, -0.2) is 8.78 Å². The maximum absolute atomic E-state index is 11.9. The van der Waals surface area contributed by atoms with E-state index in [1.165, 1.54) is 12.8 Å². The molecule has 0 aromatic carbocycles. The van der Waals surface area contributed by atoms with Gasteiger partial charge in [-0.2, -0.15) is 0 Å². The van der Waals surface area contributed by atoms with E-state index in [0.29, 0.717) is 0 Å². The fourth-order valence-corrected chi connectivity index (χ4v) is 1.43. The Morgan fingerprint density at radius 3 is 2.64 bits per heavy atom. The molecule has 1 fully saturated rings. The average molecular weight is 206 g/mol. The molecule has 0 aromatic rings. The highest BCUT2D eigenvalue weighted by molar-refractivity contribution is 4.80. The molecule has 0 aliphatic heterocycles. The summed E-state index contributed by atoms with van der Waals surface area (Å²) in [5.41, 5.74) is 0. The van der Waals surface area contributed by atoms with Crippen molar-refractivity contribution in [1.29, 1.82) is 0 Å². The molecule has 4 heteroatoms. The standard InChI is InChI=1S/C10H20F2N2/c1-14(8-10(11)12)7-3-2-6-13-9-4-5-9/h9-10,13H,2-8H2,1H3. The van der Waals surface area contributed by atoms with Crippen molar-refractivity contribution in [1.82, 2.24) is 10.2 Å². The maximum Gasteiger partial charge on any atom is 0.251 e. The number of unbranched alkanes of at least 4 members (excludes halogenated alkanes) is 1. The normalized spacial score (nSPS) is 16.9. The maximum atomic E-state index is 11.9. The molecule has 0 saturated heterocycles. The van der Waals surface area contributed by atoms with Crippen LogP contribution in [-0.2, 0) is 0 Å². The van der Waals surface area contributed by atoms with Gasteiger partial charge >= 0.3 is 0 Å². The molecule has 0 atom stereocenters. The number of alkyl halides is 2. The van der Waals surface area contributed by atoms with E-state index < -0.39 is 6.43 Å². The zero-order valence-corrected chi connectivity index (χ0v) is 8.81. The zero-order chi connectivity index (χ0) is 10.4. The van der Waals surface area contributed by atoms with Gasteiger partial charge in [-0.05, 0) is 45.8 Å². The molecular weight excluding hydrogens is 186 g/mol. The molecule has 0 aromatic heterocycles. The summed E-state index contributed by atoms with van der Waals surface area (Å²) in [5, 5.41) is 3.40. The first-order valence-electron chi connectivity index (χ1n) is 5.38. The summed E-state index contributed by atoms with van der Waals surface area (Å²) in [4.78, 5) is 1.70. The highest BCUT2D eigenvalue weighted by Crippen LogP contribution is 2.18. The van der Waals surface area contributed by atoms with E-state index in [1.54, 1.807) is 11.9 Å². The van der Waals surface area contributed by atoms with Crippen LogP contribution in [0.5, 0.6) is 0 Å². The van der Waals surface area contributed by atoms with Gasteiger partial charge in [0.25, 0.3) is 6.43 Å². The van der Waals surface area contributed by atoms with E-state index in [9.17, 15) is 8.78 Å². The second-order valence-corrected chi connectivity index (χ2v) is 4.09. The number of halogens is 2. The predicted octanol–water partition coefficient (Wildman–Crippen LogP) is 1.72. The Morgan fingerprint density at radius 1 is 1.36 bits per heavy atom. The molecule has 1 aliphatic rings. The zero-order valence-electron chi connectivity index (χ0n) is 8.81. The second-order valence-electron chi connectivity index (χ2n) is 4.09. The summed E-state index contributed by atoms with van der Waals surface area (Å²) in [6.07, 6.45) is 2.51. The first-order valence-corrected chi connectivity index (χ1v) is 5.38. The number of nitrogens with zero attached hydrogens (tertiary/aromatic N) is 1. The van der Waals surface area contributed by atoms with Crippen molar-refractivity contribution in [2.24, 2.45) is 0 Å². The van der Waals surface area contributed by atoms with Gasteiger partial charge in [-0.15, -0.1) is 0 Å². The molecule has 14 heavy (non-hydrogen) atoms. The number of nitrogens with one attached hydrogen (secondary N) is 1. The van der Waals surface area contributed by atoms with Gasteiger partial charge in [0.05, 0.1) is 6.54 Å². The van der Waals surface area contributed by atoms with E-state index in [0.717, 1.165) is 32.0 Å². The molecule has 0 bridgehead atoms. The van der Waals surface area contributed by atoms with Gasteiger partial charge in [0.15, 0.2) is 0 Å². The minimum absolute atomic E-state index is 0.101. The monoisotopic (exact) mass is 206 g/mol. The molecule has 0 amide bonds. The lowest BCUT2D eigenvalue weighted by molar-refractivity contribution is 0.0996. The fraction of sp³-hybridized carbons (Fsp3) is 1.00. The summed E-state index contributed by atoms with van der Waals surface area (Å²) in [5.74, 6) is 0. The fourth-order valence-electron chi connectivity index (χ4n) is 1.43. The summed E-state index contributed by atoms with van der Waals surface area (Å²) >= 11 is 0. The first-order chi connectivity index (χ1) is 6.68. The molecule has 0 unspecified atom stereocenters. The van der Waals surface area contributed by atoms with Crippen molar-refractivity contribution in [2.45, 2.75) is 38.2 Å². The molecule has 1 saturated carbocycles. The topological polar surface area (TPSA) is 15.3 Å². The van der Waals surface area contributed by atoms with Crippen LogP contribution in [0.2, 0.25) is 0 Å². The van der Waals surface area contributed by atoms with Crippen LogP contribution in [0.25, 0.3) is 0 Å². The van der Waals surface area contributed by atoms with E-state index in [2.05, 4.69) is 5.32 Å². The smallest absolute Gasteiger partial charge is 0.251 e. The van der Waals surface area contributed by atoms with Crippen LogP contribution in [-0.4, -0.2) is 44.0 Å². The molecule has 1 aliphatic carbocycles. The second kappa shape index (κ2) is 6.30. The van der Waals surface area contributed by atoms with Gasteiger partial charge in [0, 0.05) is 6.04 Å². The van der Waals surface area contributed by atoms with Crippen molar-refractivity contribution < 1.29 is 8.78 Å². The summed E-state index contributed by atoms with van der Waals surface area (Å²) in [7, 11) is 1.75. The van der Waals surface area contributed by atoms with Crippen LogP contribution >= 0.6 is 0 Å². The van der Waals surface area contributed by atoms with Crippen LogP contribution in [0.15, 0.2) is 0 Å². The van der Waals surface area contributed by atoms with Crippen molar-refractivity contribution in [3.63, 3.8) is 0 Å². The molecular formula is C10H20F2N2. The SMILES string of the molecule is CN(CCCCNC1CC1)CC(F)F. The van der Waals surface area contributed by atoms with E-state index in [4.69, 9.17) is 0 Å². The highest BCUT2D eigenvalue weighted by Gasteiger charge is 2.19. The van der Waals surface area contributed by atoms with Gasteiger partial charge in [-0.1, -0.05) is 0 Å². The summed E-state index contributed by atoms with van der Waals surface area (Å²) < 4.78 is 23.8. The quantitative estimate of drug-likeness (QED) is 0.608. The number of hydrogen-bond donors (Lipinski definition) is 1. The Kier molecular flexibility index (Phi) is 5.33. The van der Waals surface area contributed by atoms with E-state index in [-0.39, 0.29) is 6.54 Å². The Labute approximate surface area is 84.7 Å². The van der Waals surface area contributed by atoms with Gasteiger partial charge < -0.3 is 10.2 Å². The van der Waals surface area contributed by atoms with Crippen molar-refractivity contribution in [2.75, 3.05) is 26.7 Å². The highest BCUT2D eigenvalue weighted by atomic mass is 19.3. The lowest BCUT2D eigenvalue weighted by Gasteiger charge is -2.15. The van der Waals surface area contributed by atoms with E-state index in [1.807, 2.05) is 0 Å². The Balaban J connectivity index is 1.81. The minimum atomic E-state index is -2.20. The third-order valence-corrected chi connectivity index (χ3v) is 2.43. The molecule has 0 spiro atoms. The van der Waals surface area contributed by atoms with Crippen molar-refractivity contribution >= 4 is 0 Å². The third-order valence-electron chi connectivity index (χ3n) is 2.43. The number of rotatable bonds is 8. The summed E-state index contributed by atoms with van der Waals surface area (Å²) in [6.45, 7) is 1.71. The van der Waals surface area contributed by atoms with Crippen LogP contribution in [0.3, 0.4) is 0 Å². The van der Waals surface area contributed by atoms with Crippen molar-refractivity contribution in [3.8, 4) is 0 Å². The van der Waals surface area contributed by atoms with Gasteiger partial charge in [0.1, 0.15) is 0 Å². The molecule has 0 radical (unpaired) electrons. The lowest BCUT2D eigenvalue weighted by Crippen LogP contribution is -2.26. The molecule has 1 rings (SSSR count). The van der Waals surface area contributed by atoms with E-state index >= 15 is 0 Å². The van der Waals surface area contributed by atoms with Crippen LogP contribution < -0.4 is 5.32 Å². The Hall–Kier alpha value is -0.220. The van der Waals surface area contributed by atoms with Gasteiger partial charge in [-0.3, -0.25) is 0 Å².